The minimum Gasteiger partial charge on any atom is -0.467 e. The molecule has 0 fully saturated rings. The molecule has 0 spiro atoms. The van der Waals surface area contributed by atoms with Crippen LogP contribution in [0.1, 0.15) is 12.7 Å². The van der Waals surface area contributed by atoms with Crippen LogP contribution in [0.3, 0.4) is 0 Å². The standard InChI is InChI=1S/C15H16N4O/c1-2-19(10-11-6-5-9-20-11)14-12-7-3-4-8-13(12)17-15(16)18-14/h3-9H,2,10H2,1H3,(H2,16,17,18). The van der Waals surface area contributed by atoms with E-state index in [1.807, 2.05) is 36.4 Å². The van der Waals surface area contributed by atoms with E-state index in [0.29, 0.717) is 6.54 Å². The van der Waals surface area contributed by atoms with Gasteiger partial charge in [0.25, 0.3) is 0 Å². The van der Waals surface area contributed by atoms with Gasteiger partial charge in [-0.2, -0.15) is 4.98 Å². The zero-order valence-corrected chi connectivity index (χ0v) is 11.3. The smallest absolute Gasteiger partial charge is 0.222 e. The Morgan fingerprint density at radius 1 is 1.15 bits per heavy atom. The molecule has 2 aromatic heterocycles. The van der Waals surface area contributed by atoms with Gasteiger partial charge in [-0.15, -0.1) is 0 Å². The third kappa shape index (κ3) is 2.30. The van der Waals surface area contributed by atoms with Crippen LogP contribution in [0, 0.1) is 0 Å². The molecule has 2 N–H and O–H groups in total. The summed E-state index contributed by atoms with van der Waals surface area (Å²) >= 11 is 0. The number of nitrogen functional groups attached to an aromatic ring is 1. The van der Waals surface area contributed by atoms with Gasteiger partial charge < -0.3 is 15.1 Å². The van der Waals surface area contributed by atoms with E-state index in [4.69, 9.17) is 10.2 Å². The molecule has 3 aromatic rings. The number of nitrogens with zero attached hydrogens (tertiary/aromatic N) is 3. The van der Waals surface area contributed by atoms with Crippen molar-refractivity contribution in [2.45, 2.75) is 13.5 Å². The summed E-state index contributed by atoms with van der Waals surface area (Å²) in [5.74, 6) is 2.02. The van der Waals surface area contributed by atoms with Gasteiger partial charge in [0, 0.05) is 11.9 Å². The Balaban J connectivity index is 2.06. The topological polar surface area (TPSA) is 68.2 Å². The monoisotopic (exact) mass is 268 g/mol. The molecule has 0 saturated carbocycles. The fourth-order valence-corrected chi connectivity index (χ4v) is 2.25. The average molecular weight is 268 g/mol. The van der Waals surface area contributed by atoms with Crippen molar-refractivity contribution in [3.8, 4) is 0 Å². The molecule has 0 radical (unpaired) electrons. The quantitative estimate of drug-likeness (QED) is 0.788. The number of furan rings is 1. The summed E-state index contributed by atoms with van der Waals surface area (Å²) in [6.07, 6.45) is 1.68. The maximum atomic E-state index is 5.82. The van der Waals surface area contributed by atoms with E-state index in [0.717, 1.165) is 29.0 Å². The average Bonchev–Trinajstić information content (AvgIpc) is 2.97. The predicted octanol–water partition coefficient (Wildman–Crippen LogP) is 2.83. The van der Waals surface area contributed by atoms with Crippen LogP contribution in [0.25, 0.3) is 10.9 Å². The largest absolute Gasteiger partial charge is 0.467 e. The van der Waals surface area contributed by atoms with E-state index < -0.39 is 0 Å². The summed E-state index contributed by atoms with van der Waals surface area (Å²) in [6, 6.07) is 11.7. The number of para-hydroxylation sites is 1. The molecule has 0 aliphatic heterocycles. The van der Waals surface area contributed by atoms with Crippen LogP contribution >= 0.6 is 0 Å². The van der Waals surface area contributed by atoms with Gasteiger partial charge in [0.2, 0.25) is 5.95 Å². The molecule has 0 aliphatic carbocycles. The van der Waals surface area contributed by atoms with Crippen LogP contribution in [-0.4, -0.2) is 16.5 Å². The molecule has 5 nitrogen and oxygen atoms in total. The molecule has 5 heteroatoms. The molecular formula is C15H16N4O. The predicted molar refractivity (Wildman–Crippen MR) is 79.4 cm³/mol. The van der Waals surface area contributed by atoms with Gasteiger partial charge in [0.1, 0.15) is 11.6 Å². The van der Waals surface area contributed by atoms with E-state index in [1.54, 1.807) is 6.26 Å². The molecule has 0 atom stereocenters. The summed E-state index contributed by atoms with van der Waals surface area (Å²) in [7, 11) is 0. The van der Waals surface area contributed by atoms with E-state index >= 15 is 0 Å². The first-order chi connectivity index (χ1) is 9.78. The first kappa shape index (κ1) is 12.5. The zero-order chi connectivity index (χ0) is 13.9. The number of nitrogens with two attached hydrogens (primary N) is 1. The van der Waals surface area contributed by atoms with Gasteiger partial charge in [0.05, 0.1) is 18.3 Å². The highest BCUT2D eigenvalue weighted by molar-refractivity contribution is 5.90. The number of hydrogen-bond acceptors (Lipinski definition) is 5. The normalized spacial score (nSPS) is 10.8. The summed E-state index contributed by atoms with van der Waals surface area (Å²) in [6.45, 7) is 3.54. The van der Waals surface area contributed by atoms with Crippen LogP contribution in [0.2, 0.25) is 0 Å². The number of fused-ring (bicyclic) bond motifs is 1. The zero-order valence-electron chi connectivity index (χ0n) is 11.3. The lowest BCUT2D eigenvalue weighted by Crippen LogP contribution is -2.23. The number of rotatable bonds is 4. The van der Waals surface area contributed by atoms with Crippen LogP contribution in [0.15, 0.2) is 47.1 Å². The van der Waals surface area contributed by atoms with Gasteiger partial charge in [-0.05, 0) is 31.2 Å². The molecule has 0 unspecified atom stereocenters. The summed E-state index contributed by atoms with van der Waals surface area (Å²) < 4.78 is 5.41. The van der Waals surface area contributed by atoms with E-state index in [9.17, 15) is 0 Å². The molecule has 3 rings (SSSR count). The third-order valence-electron chi connectivity index (χ3n) is 3.21. The Bertz CT molecular complexity index is 709. The number of aromatic nitrogens is 2. The Morgan fingerprint density at radius 3 is 2.75 bits per heavy atom. The van der Waals surface area contributed by atoms with Crippen molar-refractivity contribution in [2.24, 2.45) is 0 Å². The summed E-state index contributed by atoms with van der Waals surface area (Å²) in [5, 5.41) is 0.995. The molecule has 2 heterocycles. The first-order valence-corrected chi connectivity index (χ1v) is 6.57. The van der Waals surface area contributed by atoms with Gasteiger partial charge in [-0.3, -0.25) is 0 Å². The van der Waals surface area contributed by atoms with E-state index in [1.165, 1.54) is 0 Å². The van der Waals surface area contributed by atoms with Crippen LogP contribution in [0.5, 0.6) is 0 Å². The number of benzene rings is 1. The molecule has 1 aromatic carbocycles. The second-order valence-electron chi connectivity index (χ2n) is 4.52. The Labute approximate surface area is 117 Å². The highest BCUT2D eigenvalue weighted by atomic mass is 16.3. The van der Waals surface area contributed by atoms with Crippen molar-refractivity contribution in [1.82, 2.24) is 9.97 Å². The van der Waals surface area contributed by atoms with Crippen molar-refractivity contribution >= 4 is 22.7 Å². The van der Waals surface area contributed by atoms with Gasteiger partial charge in [-0.25, -0.2) is 4.98 Å². The maximum Gasteiger partial charge on any atom is 0.222 e. The second-order valence-corrected chi connectivity index (χ2v) is 4.52. The van der Waals surface area contributed by atoms with Crippen molar-refractivity contribution in [1.29, 1.82) is 0 Å². The minimum absolute atomic E-state index is 0.289. The Kier molecular flexibility index (Phi) is 3.25. The van der Waals surface area contributed by atoms with Crippen LogP contribution in [0.4, 0.5) is 11.8 Å². The van der Waals surface area contributed by atoms with Crippen molar-refractivity contribution in [3.63, 3.8) is 0 Å². The number of hydrogen-bond donors (Lipinski definition) is 1. The SMILES string of the molecule is CCN(Cc1ccco1)c1nc(N)nc2ccccc12. The molecule has 0 saturated heterocycles. The second kappa shape index (κ2) is 5.21. The molecule has 102 valence electrons. The van der Waals surface area contributed by atoms with Crippen molar-refractivity contribution < 1.29 is 4.42 Å². The van der Waals surface area contributed by atoms with E-state index in [-0.39, 0.29) is 5.95 Å². The van der Waals surface area contributed by atoms with Crippen molar-refractivity contribution in [2.75, 3.05) is 17.2 Å². The minimum atomic E-state index is 0.289. The van der Waals surface area contributed by atoms with Crippen LogP contribution in [-0.2, 0) is 6.54 Å². The molecule has 0 aliphatic rings. The van der Waals surface area contributed by atoms with Crippen LogP contribution < -0.4 is 10.6 Å². The highest BCUT2D eigenvalue weighted by Gasteiger charge is 2.13. The lowest BCUT2D eigenvalue weighted by Gasteiger charge is -2.22. The molecule has 0 bridgehead atoms. The van der Waals surface area contributed by atoms with E-state index in [2.05, 4.69) is 21.8 Å². The van der Waals surface area contributed by atoms with Crippen molar-refractivity contribution in [3.05, 3.63) is 48.4 Å². The Morgan fingerprint density at radius 2 is 2.00 bits per heavy atom. The fraction of sp³-hybridized carbons (Fsp3) is 0.200. The summed E-state index contributed by atoms with van der Waals surface area (Å²) in [5.41, 5.74) is 6.67. The van der Waals surface area contributed by atoms with Gasteiger partial charge in [-0.1, -0.05) is 12.1 Å². The summed E-state index contributed by atoms with van der Waals surface area (Å²) in [4.78, 5) is 10.8. The lowest BCUT2D eigenvalue weighted by molar-refractivity contribution is 0.503. The third-order valence-corrected chi connectivity index (χ3v) is 3.21. The first-order valence-electron chi connectivity index (χ1n) is 6.57. The highest BCUT2D eigenvalue weighted by Crippen LogP contribution is 2.25. The Hall–Kier alpha value is -2.56. The maximum absolute atomic E-state index is 5.82. The molecule has 20 heavy (non-hydrogen) atoms. The molecule has 0 amide bonds. The van der Waals surface area contributed by atoms with Gasteiger partial charge in [0.15, 0.2) is 0 Å². The van der Waals surface area contributed by atoms with Gasteiger partial charge >= 0.3 is 0 Å². The fourth-order valence-electron chi connectivity index (χ4n) is 2.25. The number of anilines is 2. The molecular weight excluding hydrogens is 252 g/mol. The lowest BCUT2D eigenvalue weighted by atomic mass is 10.2.